The smallest absolute Gasteiger partial charge is 0.251 e. The third-order valence-electron chi connectivity index (χ3n) is 2.70. The normalized spacial score (nSPS) is 10.6. The number of benzene rings is 1. The number of aromatic nitrogens is 1. The first-order valence-electron chi connectivity index (χ1n) is 5.66. The molecule has 2 rings (SSSR count). The zero-order valence-electron chi connectivity index (χ0n) is 10.1. The molecule has 0 atom stereocenters. The summed E-state index contributed by atoms with van der Waals surface area (Å²) in [5.74, 6) is 0.940. The van der Waals surface area contributed by atoms with Gasteiger partial charge in [-0.15, -0.1) is 0 Å². The van der Waals surface area contributed by atoms with Gasteiger partial charge >= 0.3 is 0 Å². The van der Waals surface area contributed by atoms with E-state index in [4.69, 9.17) is 0 Å². The molecule has 1 heterocycles. The van der Waals surface area contributed by atoms with Crippen LogP contribution in [-0.4, -0.2) is 16.6 Å². The van der Waals surface area contributed by atoms with Crippen LogP contribution in [-0.2, 0) is 6.54 Å². The second-order valence-electron chi connectivity index (χ2n) is 3.93. The van der Waals surface area contributed by atoms with Crippen molar-refractivity contribution in [2.24, 2.45) is 0 Å². The highest BCUT2D eigenvalue weighted by atomic mass is 79.9. The molecular weight excluding hydrogens is 310 g/mol. The molecule has 0 saturated carbocycles. The van der Waals surface area contributed by atoms with Crippen LogP contribution in [0.3, 0.4) is 0 Å². The molecule has 2 nitrogen and oxygen atoms in total. The van der Waals surface area contributed by atoms with Crippen LogP contribution in [0.2, 0.25) is 0 Å². The summed E-state index contributed by atoms with van der Waals surface area (Å²) in [7, 11) is 0. The molecule has 1 aromatic heterocycles. The highest BCUT2D eigenvalue weighted by molar-refractivity contribution is 9.10. The number of hydrogen-bond acceptors (Lipinski definition) is 2. The van der Waals surface area contributed by atoms with Gasteiger partial charge in [0.1, 0.15) is 0 Å². The Morgan fingerprint density at radius 1 is 1.28 bits per heavy atom. The second kappa shape index (κ2) is 6.25. The lowest BCUT2D eigenvalue weighted by Crippen LogP contribution is -2.20. The molecule has 0 unspecified atom stereocenters. The van der Waals surface area contributed by atoms with E-state index in [2.05, 4.69) is 15.9 Å². The third-order valence-corrected chi connectivity index (χ3v) is 3.94. The molecule has 0 saturated heterocycles. The minimum atomic E-state index is 0.0376. The van der Waals surface area contributed by atoms with Crippen LogP contribution in [0.15, 0.2) is 51.9 Å². The Bertz CT molecular complexity index is 580. The van der Waals surface area contributed by atoms with Gasteiger partial charge in [-0.3, -0.25) is 4.79 Å². The van der Waals surface area contributed by atoms with Crippen molar-refractivity contribution in [1.29, 1.82) is 0 Å². The monoisotopic (exact) mass is 323 g/mol. The van der Waals surface area contributed by atoms with E-state index >= 15 is 0 Å². The fraction of sp³-hybridized carbons (Fsp3) is 0.214. The maximum absolute atomic E-state index is 11.9. The van der Waals surface area contributed by atoms with Crippen molar-refractivity contribution < 1.29 is 0 Å². The predicted octanol–water partition coefficient (Wildman–Crippen LogP) is 3.64. The SMILES string of the molecule is CSCCn1cc(-c2ccccc2)c(Br)cc1=O. The summed E-state index contributed by atoms with van der Waals surface area (Å²) < 4.78 is 2.61. The molecule has 0 aliphatic rings. The lowest BCUT2D eigenvalue weighted by molar-refractivity contribution is 0.736. The number of nitrogens with zero attached hydrogens (tertiary/aromatic N) is 1. The number of pyridine rings is 1. The van der Waals surface area contributed by atoms with E-state index in [0.717, 1.165) is 27.9 Å². The van der Waals surface area contributed by atoms with Crippen LogP contribution in [0.5, 0.6) is 0 Å². The van der Waals surface area contributed by atoms with E-state index < -0.39 is 0 Å². The molecule has 0 aliphatic heterocycles. The molecule has 0 aliphatic carbocycles. The van der Waals surface area contributed by atoms with Gasteiger partial charge in [-0.1, -0.05) is 30.3 Å². The predicted molar refractivity (Wildman–Crippen MR) is 82.2 cm³/mol. The molecule has 0 N–H and O–H groups in total. The topological polar surface area (TPSA) is 22.0 Å². The lowest BCUT2D eigenvalue weighted by atomic mass is 10.1. The Morgan fingerprint density at radius 2 is 2.00 bits per heavy atom. The summed E-state index contributed by atoms with van der Waals surface area (Å²) in [5, 5.41) is 0. The first-order valence-corrected chi connectivity index (χ1v) is 7.85. The molecule has 0 amide bonds. The molecular formula is C14H14BrNOS. The zero-order valence-corrected chi connectivity index (χ0v) is 12.5. The summed E-state index contributed by atoms with van der Waals surface area (Å²) >= 11 is 5.21. The van der Waals surface area contributed by atoms with Crippen molar-refractivity contribution in [3.05, 3.63) is 57.4 Å². The van der Waals surface area contributed by atoms with Gasteiger partial charge in [0, 0.05) is 34.6 Å². The molecule has 0 radical (unpaired) electrons. The fourth-order valence-corrected chi connectivity index (χ4v) is 2.65. The molecule has 0 fully saturated rings. The molecule has 94 valence electrons. The summed E-state index contributed by atoms with van der Waals surface area (Å²) in [6.45, 7) is 0.743. The zero-order chi connectivity index (χ0) is 13.0. The van der Waals surface area contributed by atoms with Crippen LogP contribution >= 0.6 is 27.7 Å². The van der Waals surface area contributed by atoms with Crippen molar-refractivity contribution in [1.82, 2.24) is 4.57 Å². The Hall–Kier alpha value is -1.00. The highest BCUT2D eigenvalue weighted by Gasteiger charge is 2.06. The van der Waals surface area contributed by atoms with Crippen LogP contribution in [0.25, 0.3) is 11.1 Å². The van der Waals surface area contributed by atoms with E-state index in [-0.39, 0.29) is 5.56 Å². The minimum absolute atomic E-state index is 0.0376. The van der Waals surface area contributed by atoms with Crippen LogP contribution in [0.4, 0.5) is 0 Å². The van der Waals surface area contributed by atoms with Crippen LogP contribution in [0.1, 0.15) is 0 Å². The van der Waals surface area contributed by atoms with Crippen molar-refractivity contribution in [2.75, 3.05) is 12.0 Å². The number of thioether (sulfide) groups is 1. The maximum Gasteiger partial charge on any atom is 0.251 e. The van der Waals surface area contributed by atoms with Crippen molar-refractivity contribution in [3.8, 4) is 11.1 Å². The average molecular weight is 324 g/mol. The van der Waals surface area contributed by atoms with Crippen molar-refractivity contribution in [2.45, 2.75) is 6.54 Å². The van der Waals surface area contributed by atoms with Gasteiger partial charge in [-0.25, -0.2) is 0 Å². The standard InChI is InChI=1S/C14H14BrNOS/c1-18-8-7-16-10-12(13(15)9-14(16)17)11-5-3-2-4-6-11/h2-6,9-10H,7-8H2,1H3. The number of halogens is 1. The van der Waals surface area contributed by atoms with Gasteiger partial charge in [0.05, 0.1) is 0 Å². The molecule has 0 bridgehead atoms. The molecule has 2 aromatic rings. The van der Waals surface area contributed by atoms with E-state index in [0.29, 0.717) is 0 Å². The quantitative estimate of drug-likeness (QED) is 0.856. The average Bonchev–Trinajstić information content (AvgIpc) is 2.39. The number of rotatable bonds is 4. The Morgan fingerprint density at radius 3 is 2.67 bits per heavy atom. The Labute approximate surface area is 119 Å². The summed E-state index contributed by atoms with van der Waals surface area (Å²) in [4.78, 5) is 11.9. The van der Waals surface area contributed by atoms with Crippen molar-refractivity contribution >= 4 is 27.7 Å². The minimum Gasteiger partial charge on any atom is -0.314 e. The summed E-state index contributed by atoms with van der Waals surface area (Å²) in [5.41, 5.74) is 2.20. The third kappa shape index (κ3) is 3.06. The van der Waals surface area contributed by atoms with Crippen LogP contribution in [0, 0.1) is 0 Å². The maximum atomic E-state index is 11.9. The highest BCUT2D eigenvalue weighted by Crippen LogP contribution is 2.26. The summed E-state index contributed by atoms with van der Waals surface area (Å²) in [6.07, 6.45) is 3.97. The number of hydrogen-bond donors (Lipinski definition) is 0. The number of aryl methyl sites for hydroxylation is 1. The van der Waals surface area contributed by atoms with Gasteiger partial charge in [-0.05, 0) is 27.7 Å². The molecule has 1 aromatic carbocycles. The second-order valence-corrected chi connectivity index (χ2v) is 5.77. The Kier molecular flexibility index (Phi) is 4.66. The van der Waals surface area contributed by atoms with E-state index in [1.165, 1.54) is 0 Å². The first-order chi connectivity index (χ1) is 8.72. The Balaban J connectivity index is 2.45. The van der Waals surface area contributed by atoms with Gasteiger partial charge in [0.2, 0.25) is 0 Å². The van der Waals surface area contributed by atoms with Gasteiger partial charge < -0.3 is 4.57 Å². The van der Waals surface area contributed by atoms with Gasteiger partial charge in [0.25, 0.3) is 5.56 Å². The van der Waals surface area contributed by atoms with Crippen LogP contribution < -0.4 is 5.56 Å². The molecule has 18 heavy (non-hydrogen) atoms. The van der Waals surface area contributed by atoms with E-state index in [1.807, 2.05) is 42.8 Å². The lowest BCUT2D eigenvalue weighted by Gasteiger charge is -2.10. The summed E-state index contributed by atoms with van der Waals surface area (Å²) in [6, 6.07) is 11.7. The molecule has 4 heteroatoms. The van der Waals surface area contributed by atoms with Crippen molar-refractivity contribution in [3.63, 3.8) is 0 Å². The molecule has 0 spiro atoms. The van der Waals surface area contributed by atoms with Gasteiger partial charge in [-0.2, -0.15) is 11.8 Å². The largest absolute Gasteiger partial charge is 0.314 e. The van der Waals surface area contributed by atoms with Gasteiger partial charge in [0.15, 0.2) is 0 Å². The van der Waals surface area contributed by atoms with E-state index in [1.54, 1.807) is 22.4 Å². The first kappa shape index (κ1) is 13.4. The fourth-order valence-electron chi connectivity index (χ4n) is 1.74. The van der Waals surface area contributed by atoms with E-state index in [9.17, 15) is 4.79 Å².